The van der Waals surface area contributed by atoms with Crippen molar-refractivity contribution in [3.05, 3.63) is 71.4 Å². The van der Waals surface area contributed by atoms with Crippen LogP contribution in [0.15, 0.2) is 55.3 Å². The zero-order valence-corrected chi connectivity index (χ0v) is 20.4. The molecule has 7 heteroatoms. The van der Waals surface area contributed by atoms with Crippen LogP contribution in [0.3, 0.4) is 0 Å². The zero-order valence-electron chi connectivity index (χ0n) is 19.6. The molecular formula is C28H28ClN2O4+. The smallest absolute Gasteiger partial charge is 0.231 e. The summed E-state index contributed by atoms with van der Waals surface area (Å²) >= 11 is 6.74. The second-order valence-corrected chi connectivity index (χ2v) is 10.9. The molecule has 6 atom stereocenters. The lowest BCUT2D eigenvalue weighted by molar-refractivity contribution is -0.969. The van der Waals surface area contributed by atoms with E-state index in [-0.39, 0.29) is 18.2 Å². The van der Waals surface area contributed by atoms with Crippen LogP contribution < -0.4 is 14.2 Å². The van der Waals surface area contributed by atoms with Gasteiger partial charge >= 0.3 is 0 Å². The van der Waals surface area contributed by atoms with Gasteiger partial charge in [-0.3, -0.25) is 4.98 Å². The standard InChI is InChI=1S/C28H28ClN2O4/c1-3-28-20-7-9-31(14-21(20)28,13-16-10-24-25(12-22(16)29)35-15-34-24)27(28)26(32)18-6-8-30-23-5-4-17(33-2)11-19(18)23/h3-6,8,10-12,20-21,26-27,32H,1,7,9,13-15H2,2H3/q+1/t20?,21?,26-,27-,28?,31?/m1/s1. The molecule has 0 radical (unpaired) electrons. The van der Waals surface area contributed by atoms with Gasteiger partial charge in [0, 0.05) is 35.6 Å². The minimum Gasteiger partial charge on any atom is -0.497 e. The molecule has 35 heavy (non-hydrogen) atoms. The fraction of sp³-hybridized carbons (Fsp3) is 0.393. The lowest BCUT2D eigenvalue weighted by Crippen LogP contribution is -2.61. The van der Waals surface area contributed by atoms with E-state index in [1.807, 2.05) is 36.4 Å². The lowest BCUT2D eigenvalue weighted by atomic mass is 9.80. The number of benzene rings is 2. The maximum absolute atomic E-state index is 12.2. The molecule has 4 unspecified atom stereocenters. The number of fused-ring (bicyclic) bond motifs is 3. The van der Waals surface area contributed by atoms with E-state index >= 15 is 0 Å². The molecular weight excluding hydrogens is 464 g/mol. The number of pyridine rings is 1. The van der Waals surface area contributed by atoms with E-state index in [1.54, 1.807) is 13.3 Å². The van der Waals surface area contributed by atoms with Crippen molar-refractivity contribution in [3.63, 3.8) is 0 Å². The molecule has 4 aliphatic heterocycles. The third-order valence-electron chi connectivity index (χ3n) is 9.19. The molecule has 5 heterocycles. The number of hydrogen-bond donors (Lipinski definition) is 1. The summed E-state index contributed by atoms with van der Waals surface area (Å²) in [7, 11) is 1.66. The summed E-state index contributed by atoms with van der Waals surface area (Å²) in [6.07, 6.45) is 4.40. The minimum atomic E-state index is -0.673. The Balaban J connectivity index is 1.34. The fourth-order valence-electron chi connectivity index (χ4n) is 7.73. The summed E-state index contributed by atoms with van der Waals surface area (Å²) < 4.78 is 17.4. The van der Waals surface area contributed by atoms with Crippen molar-refractivity contribution in [3.8, 4) is 17.2 Å². The van der Waals surface area contributed by atoms with Gasteiger partial charge in [0.25, 0.3) is 0 Å². The molecule has 8 rings (SSSR count). The van der Waals surface area contributed by atoms with Gasteiger partial charge in [-0.05, 0) is 41.8 Å². The molecule has 180 valence electrons. The van der Waals surface area contributed by atoms with Crippen molar-refractivity contribution in [1.29, 1.82) is 0 Å². The third-order valence-corrected chi connectivity index (χ3v) is 9.54. The zero-order chi connectivity index (χ0) is 23.9. The second kappa shape index (κ2) is 7.36. The average molecular weight is 492 g/mol. The van der Waals surface area contributed by atoms with Gasteiger partial charge in [0.15, 0.2) is 11.5 Å². The number of hydrogen-bond acceptors (Lipinski definition) is 5. The lowest BCUT2D eigenvalue weighted by Gasteiger charge is -2.50. The molecule has 1 aliphatic carbocycles. The van der Waals surface area contributed by atoms with Crippen LogP contribution in [0, 0.1) is 17.3 Å². The summed E-state index contributed by atoms with van der Waals surface area (Å²) in [5.74, 6) is 3.33. The van der Waals surface area contributed by atoms with Crippen molar-refractivity contribution in [2.75, 3.05) is 27.0 Å². The van der Waals surface area contributed by atoms with Crippen molar-refractivity contribution < 1.29 is 23.8 Å². The highest BCUT2D eigenvalue weighted by atomic mass is 35.5. The maximum Gasteiger partial charge on any atom is 0.231 e. The van der Waals surface area contributed by atoms with Crippen LogP contribution in [0.1, 0.15) is 23.7 Å². The first-order valence-electron chi connectivity index (χ1n) is 12.2. The SMILES string of the molecule is C=CC12C3CC[N+](Cc4cc5c(cc4Cl)OCO5)(CC31)[C@@H]2[C@H](O)c1ccnc2ccc(OC)cc12. The summed E-state index contributed by atoms with van der Waals surface area (Å²) in [6.45, 7) is 7.27. The number of aromatic nitrogens is 1. The molecule has 1 aromatic heterocycles. The molecule has 4 fully saturated rings. The molecule has 1 N–H and O–H groups in total. The van der Waals surface area contributed by atoms with Gasteiger partial charge in [-0.25, -0.2) is 0 Å². The van der Waals surface area contributed by atoms with Gasteiger partial charge in [-0.15, -0.1) is 6.58 Å². The molecule has 1 saturated carbocycles. The first-order valence-corrected chi connectivity index (χ1v) is 12.6. The van der Waals surface area contributed by atoms with Crippen LogP contribution in [0.2, 0.25) is 5.02 Å². The molecule has 0 amide bonds. The van der Waals surface area contributed by atoms with Crippen molar-refractivity contribution in [2.45, 2.75) is 25.1 Å². The van der Waals surface area contributed by atoms with Gasteiger partial charge < -0.3 is 23.8 Å². The van der Waals surface area contributed by atoms with Gasteiger partial charge in [-0.2, -0.15) is 0 Å². The van der Waals surface area contributed by atoms with E-state index in [1.165, 1.54) is 0 Å². The number of aliphatic hydroxyl groups excluding tert-OH is 1. The Bertz CT molecular complexity index is 1380. The quantitative estimate of drug-likeness (QED) is 0.393. The van der Waals surface area contributed by atoms with Crippen LogP contribution in [0.25, 0.3) is 10.9 Å². The van der Waals surface area contributed by atoms with E-state index in [2.05, 4.69) is 17.6 Å². The Morgan fingerprint density at radius 2 is 2.09 bits per heavy atom. The summed E-state index contributed by atoms with van der Waals surface area (Å²) in [5, 5.41) is 13.8. The minimum absolute atomic E-state index is 0.0120. The summed E-state index contributed by atoms with van der Waals surface area (Å²) in [4.78, 5) is 4.54. The number of ether oxygens (including phenoxy) is 3. The Morgan fingerprint density at radius 3 is 2.89 bits per heavy atom. The van der Waals surface area contributed by atoms with Crippen LogP contribution >= 0.6 is 11.6 Å². The van der Waals surface area contributed by atoms with Crippen LogP contribution in [0.5, 0.6) is 17.2 Å². The predicted molar refractivity (Wildman–Crippen MR) is 133 cm³/mol. The first-order chi connectivity index (χ1) is 17.0. The number of methoxy groups -OCH3 is 1. The molecule has 3 saturated heterocycles. The number of aliphatic hydroxyl groups is 1. The van der Waals surface area contributed by atoms with Gasteiger partial charge in [0.1, 0.15) is 24.4 Å². The second-order valence-electron chi connectivity index (χ2n) is 10.5. The van der Waals surface area contributed by atoms with E-state index in [0.717, 1.165) is 64.1 Å². The molecule has 3 aromatic rings. The Morgan fingerprint density at radius 1 is 1.26 bits per heavy atom. The fourth-order valence-corrected chi connectivity index (χ4v) is 7.94. The van der Waals surface area contributed by atoms with Crippen molar-refractivity contribution in [2.24, 2.45) is 17.3 Å². The van der Waals surface area contributed by atoms with Crippen molar-refractivity contribution >= 4 is 22.5 Å². The molecule has 5 aliphatic rings. The summed E-state index contributed by atoms with van der Waals surface area (Å²) in [5.41, 5.74) is 2.72. The highest BCUT2D eigenvalue weighted by Gasteiger charge is 2.82. The van der Waals surface area contributed by atoms with Crippen LogP contribution in [0.4, 0.5) is 0 Å². The van der Waals surface area contributed by atoms with Crippen LogP contribution in [-0.2, 0) is 6.54 Å². The monoisotopic (exact) mass is 491 g/mol. The topological polar surface area (TPSA) is 60.8 Å². The van der Waals surface area contributed by atoms with Gasteiger partial charge in [-0.1, -0.05) is 17.7 Å². The number of piperidine rings is 3. The molecule has 6 nitrogen and oxygen atoms in total. The summed E-state index contributed by atoms with van der Waals surface area (Å²) in [6, 6.07) is 11.7. The Hall–Kier alpha value is -2.80. The first kappa shape index (κ1) is 21.5. The van der Waals surface area contributed by atoms with Crippen molar-refractivity contribution in [1.82, 2.24) is 4.98 Å². The van der Waals surface area contributed by atoms with E-state index in [4.69, 9.17) is 25.8 Å². The molecule has 0 spiro atoms. The highest BCUT2D eigenvalue weighted by Crippen LogP contribution is 2.75. The maximum atomic E-state index is 12.2. The number of halogens is 1. The van der Waals surface area contributed by atoms with Crippen LogP contribution in [-0.4, -0.2) is 47.6 Å². The number of nitrogens with zero attached hydrogens (tertiary/aromatic N) is 2. The average Bonchev–Trinajstić information content (AvgIpc) is 3.15. The van der Waals surface area contributed by atoms with E-state index in [9.17, 15) is 5.11 Å². The Labute approximate surface area is 209 Å². The van der Waals surface area contributed by atoms with E-state index < -0.39 is 6.10 Å². The van der Waals surface area contributed by atoms with Gasteiger partial charge in [0.2, 0.25) is 6.79 Å². The number of quaternary nitrogens is 1. The third kappa shape index (κ3) is 2.82. The van der Waals surface area contributed by atoms with E-state index in [0.29, 0.717) is 22.6 Å². The molecule has 4 bridgehead atoms. The predicted octanol–water partition coefficient (Wildman–Crippen LogP) is 4.88. The normalized spacial score (nSPS) is 32.5. The molecule has 2 aromatic carbocycles. The highest BCUT2D eigenvalue weighted by molar-refractivity contribution is 6.31. The van der Waals surface area contributed by atoms with Gasteiger partial charge in [0.05, 0.1) is 36.2 Å². The Kier molecular flexibility index (Phi) is 4.51. The largest absolute Gasteiger partial charge is 0.497 e. The number of rotatable bonds is 6.